The first kappa shape index (κ1) is 14.2. The summed E-state index contributed by atoms with van der Waals surface area (Å²) in [7, 11) is 0. The lowest BCUT2D eigenvalue weighted by molar-refractivity contribution is -0.147. The van der Waals surface area contributed by atoms with Crippen molar-refractivity contribution in [2.24, 2.45) is 17.6 Å². The Morgan fingerprint density at radius 3 is 2.39 bits per heavy atom. The molecule has 0 saturated heterocycles. The Hall–Kier alpha value is -1.85. The van der Waals surface area contributed by atoms with Crippen molar-refractivity contribution in [1.82, 2.24) is 5.32 Å². The third-order valence-electron chi connectivity index (χ3n) is 2.98. The van der Waals surface area contributed by atoms with Gasteiger partial charge in [-0.25, -0.2) is 0 Å². The zero-order valence-corrected chi connectivity index (χ0v) is 10.3. The van der Waals surface area contributed by atoms with Crippen LogP contribution in [0.4, 0.5) is 0 Å². The van der Waals surface area contributed by atoms with Gasteiger partial charge >= 0.3 is 5.97 Å². The van der Waals surface area contributed by atoms with Gasteiger partial charge in [0.05, 0.1) is 11.8 Å². The molecular formula is C12H18N2O4. The van der Waals surface area contributed by atoms with E-state index in [0.717, 1.165) is 0 Å². The summed E-state index contributed by atoms with van der Waals surface area (Å²) >= 11 is 0. The fourth-order valence-corrected chi connectivity index (χ4v) is 2.08. The van der Waals surface area contributed by atoms with Crippen molar-refractivity contribution >= 4 is 17.8 Å². The van der Waals surface area contributed by atoms with Crippen LogP contribution >= 0.6 is 0 Å². The predicted octanol–water partition coefficient (Wildman–Crippen LogP) is 0.0335. The molecule has 0 bridgehead atoms. The Bertz CT molecular complexity index is 378. The number of hydrogen-bond donors (Lipinski definition) is 3. The first-order valence-corrected chi connectivity index (χ1v) is 5.88. The maximum absolute atomic E-state index is 11.9. The lowest BCUT2D eigenvalue weighted by Gasteiger charge is -2.25. The number of carboxylic acids is 1. The van der Waals surface area contributed by atoms with E-state index in [-0.39, 0.29) is 18.4 Å². The van der Waals surface area contributed by atoms with Gasteiger partial charge in [0.2, 0.25) is 11.8 Å². The second-order valence-electron chi connectivity index (χ2n) is 4.57. The van der Waals surface area contributed by atoms with Gasteiger partial charge < -0.3 is 16.2 Å². The number of primary amides is 1. The zero-order valence-electron chi connectivity index (χ0n) is 10.3. The largest absolute Gasteiger partial charge is 0.481 e. The van der Waals surface area contributed by atoms with E-state index >= 15 is 0 Å². The average molecular weight is 254 g/mol. The highest BCUT2D eigenvalue weighted by molar-refractivity contribution is 5.86. The molecule has 0 aliphatic heterocycles. The van der Waals surface area contributed by atoms with Gasteiger partial charge in [0.25, 0.3) is 0 Å². The average Bonchev–Trinajstić information content (AvgIpc) is 2.27. The molecule has 18 heavy (non-hydrogen) atoms. The van der Waals surface area contributed by atoms with Gasteiger partial charge in [-0.05, 0) is 19.8 Å². The van der Waals surface area contributed by atoms with Gasteiger partial charge in [-0.1, -0.05) is 12.2 Å². The van der Waals surface area contributed by atoms with Crippen molar-refractivity contribution in [3.05, 3.63) is 12.2 Å². The summed E-state index contributed by atoms with van der Waals surface area (Å²) in [5, 5.41) is 11.7. The monoisotopic (exact) mass is 254 g/mol. The molecule has 6 nitrogen and oxygen atoms in total. The van der Waals surface area contributed by atoms with E-state index in [9.17, 15) is 14.4 Å². The van der Waals surface area contributed by atoms with E-state index in [2.05, 4.69) is 5.32 Å². The fourth-order valence-electron chi connectivity index (χ4n) is 2.08. The molecule has 4 N–H and O–H groups in total. The molecule has 1 aliphatic rings. The Morgan fingerprint density at radius 1 is 1.33 bits per heavy atom. The summed E-state index contributed by atoms with van der Waals surface area (Å²) in [6, 6.07) is -0.379. The van der Waals surface area contributed by atoms with E-state index in [1.165, 1.54) is 0 Å². The van der Waals surface area contributed by atoms with Crippen LogP contribution in [-0.2, 0) is 14.4 Å². The van der Waals surface area contributed by atoms with Crippen LogP contribution in [0.1, 0.15) is 26.2 Å². The number of carbonyl (C=O) groups is 3. The SMILES string of the molecule is CC(CC(N)=O)NC(=O)[C@@H]1CC=CC[C@@H]1C(=O)O. The normalized spacial score (nSPS) is 24.3. The summed E-state index contributed by atoms with van der Waals surface area (Å²) in [6.07, 6.45) is 4.40. The standard InChI is InChI=1S/C12H18N2O4/c1-7(6-10(13)15)14-11(16)8-4-2-3-5-9(8)12(17)18/h2-3,7-9H,4-6H2,1H3,(H2,13,15)(H,14,16)(H,17,18)/t7?,8-,9+/m1/s1. The van der Waals surface area contributed by atoms with E-state index in [1.54, 1.807) is 13.0 Å². The molecule has 0 spiro atoms. The number of amides is 2. The van der Waals surface area contributed by atoms with E-state index in [4.69, 9.17) is 10.8 Å². The first-order chi connectivity index (χ1) is 8.41. The maximum Gasteiger partial charge on any atom is 0.307 e. The molecule has 2 amide bonds. The predicted molar refractivity (Wildman–Crippen MR) is 64.4 cm³/mol. The molecule has 6 heteroatoms. The molecule has 3 atom stereocenters. The molecular weight excluding hydrogens is 236 g/mol. The number of nitrogens with one attached hydrogen (secondary N) is 1. The minimum atomic E-state index is -0.970. The summed E-state index contributed by atoms with van der Waals surface area (Å²) in [6.45, 7) is 1.66. The zero-order chi connectivity index (χ0) is 13.7. The molecule has 0 radical (unpaired) electrons. The van der Waals surface area contributed by atoms with Crippen LogP contribution in [0.15, 0.2) is 12.2 Å². The molecule has 1 rings (SSSR count). The third kappa shape index (κ3) is 3.87. The van der Waals surface area contributed by atoms with Gasteiger partial charge in [-0.15, -0.1) is 0 Å². The molecule has 0 aromatic carbocycles. The molecule has 1 unspecified atom stereocenters. The van der Waals surface area contributed by atoms with Crippen LogP contribution in [0.5, 0.6) is 0 Å². The van der Waals surface area contributed by atoms with Crippen molar-refractivity contribution in [2.75, 3.05) is 0 Å². The van der Waals surface area contributed by atoms with Gasteiger partial charge in [-0.3, -0.25) is 14.4 Å². The van der Waals surface area contributed by atoms with E-state index < -0.39 is 23.7 Å². The first-order valence-electron chi connectivity index (χ1n) is 5.88. The van der Waals surface area contributed by atoms with Crippen LogP contribution in [0, 0.1) is 11.8 Å². The molecule has 0 saturated carbocycles. The van der Waals surface area contributed by atoms with Crippen molar-refractivity contribution in [2.45, 2.75) is 32.2 Å². The van der Waals surface area contributed by atoms with Gasteiger partial charge in [-0.2, -0.15) is 0 Å². The smallest absolute Gasteiger partial charge is 0.307 e. The Labute approximate surface area is 105 Å². The highest BCUT2D eigenvalue weighted by Crippen LogP contribution is 2.26. The minimum absolute atomic E-state index is 0.0477. The molecule has 0 aromatic rings. The van der Waals surface area contributed by atoms with Gasteiger partial charge in [0.15, 0.2) is 0 Å². The lowest BCUT2D eigenvalue weighted by atomic mass is 9.82. The van der Waals surface area contributed by atoms with Gasteiger partial charge in [0.1, 0.15) is 0 Å². The Balaban J connectivity index is 2.61. The number of carboxylic acid groups (broad SMARTS) is 1. The summed E-state index contributed by atoms with van der Waals surface area (Å²) in [5.41, 5.74) is 5.03. The van der Waals surface area contributed by atoms with Crippen LogP contribution in [0.2, 0.25) is 0 Å². The topological polar surface area (TPSA) is 109 Å². The van der Waals surface area contributed by atoms with Crippen molar-refractivity contribution in [3.63, 3.8) is 0 Å². The highest BCUT2D eigenvalue weighted by atomic mass is 16.4. The molecule has 100 valence electrons. The van der Waals surface area contributed by atoms with Crippen molar-refractivity contribution < 1.29 is 19.5 Å². The van der Waals surface area contributed by atoms with E-state index in [1.807, 2.05) is 6.08 Å². The Kier molecular flexibility index (Phi) is 4.88. The number of aliphatic carboxylic acids is 1. The highest BCUT2D eigenvalue weighted by Gasteiger charge is 2.34. The number of carbonyl (C=O) groups excluding carboxylic acids is 2. The minimum Gasteiger partial charge on any atom is -0.481 e. The molecule has 0 fully saturated rings. The Morgan fingerprint density at radius 2 is 1.89 bits per heavy atom. The summed E-state index contributed by atoms with van der Waals surface area (Å²) < 4.78 is 0. The second kappa shape index (κ2) is 6.18. The quantitative estimate of drug-likeness (QED) is 0.601. The third-order valence-corrected chi connectivity index (χ3v) is 2.98. The van der Waals surface area contributed by atoms with Crippen LogP contribution in [0.3, 0.4) is 0 Å². The fraction of sp³-hybridized carbons (Fsp3) is 0.583. The lowest BCUT2D eigenvalue weighted by Crippen LogP contribution is -2.43. The van der Waals surface area contributed by atoms with Crippen LogP contribution < -0.4 is 11.1 Å². The van der Waals surface area contributed by atoms with Gasteiger partial charge in [0, 0.05) is 12.5 Å². The van der Waals surface area contributed by atoms with Crippen molar-refractivity contribution in [1.29, 1.82) is 0 Å². The van der Waals surface area contributed by atoms with Crippen molar-refractivity contribution in [3.8, 4) is 0 Å². The second-order valence-corrected chi connectivity index (χ2v) is 4.57. The molecule has 0 heterocycles. The summed E-state index contributed by atoms with van der Waals surface area (Å²) in [5.74, 6) is -3.08. The summed E-state index contributed by atoms with van der Waals surface area (Å²) in [4.78, 5) is 33.7. The molecule has 0 aromatic heterocycles. The maximum atomic E-state index is 11.9. The molecule has 1 aliphatic carbocycles. The van der Waals surface area contributed by atoms with E-state index in [0.29, 0.717) is 12.8 Å². The van der Waals surface area contributed by atoms with Crippen LogP contribution in [0.25, 0.3) is 0 Å². The number of hydrogen-bond acceptors (Lipinski definition) is 3. The number of allylic oxidation sites excluding steroid dienone is 2. The van der Waals surface area contributed by atoms with Crippen LogP contribution in [-0.4, -0.2) is 28.9 Å². The number of nitrogens with two attached hydrogens (primary N) is 1. The number of rotatable bonds is 5.